The number of ether oxygens (including phenoxy) is 1. The molecule has 4 rings (SSSR count). The molecule has 1 heterocycles. The van der Waals surface area contributed by atoms with Gasteiger partial charge in [0, 0.05) is 5.56 Å². The molecule has 0 bridgehead atoms. The zero-order valence-electron chi connectivity index (χ0n) is 14.1. The van der Waals surface area contributed by atoms with Crippen molar-refractivity contribution in [3.8, 4) is 17.1 Å². The van der Waals surface area contributed by atoms with Crippen molar-refractivity contribution in [2.75, 3.05) is 7.11 Å². The van der Waals surface area contributed by atoms with Crippen LogP contribution in [0.15, 0.2) is 71.8 Å². The minimum Gasteiger partial charge on any atom is -0.496 e. The van der Waals surface area contributed by atoms with Gasteiger partial charge in [-0.15, -0.1) is 0 Å². The average Bonchev–Trinajstić information content (AvgIpc) is 3.06. The largest absolute Gasteiger partial charge is 0.496 e. The average molecular weight is 360 g/mol. The Labute approximate surface area is 155 Å². The minimum atomic E-state index is 0.419. The molecule has 0 unspecified atom stereocenters. The zero-order chi connectivity index (χ0) is 17.9. The first-order chi connectivity index (χ1) is 12.8. The summed E-state index contributed by atoms with van der Waals surface area (Å²) in [4.78, 5) is 0. The van der Waals surface area contributed by atoms with Crippen LogP contribution in [-0.2, 0) is 0 Å². The summed E-state index contributed by atoms with van der Waals surface area (Å²) in [6.45, 7) is 0. The summed E-state index contributed by atoms with van der Waals surface area (Å²) in [6.07, 6.45) is 1.80. The second-order valence-corrected chi connectivity index (χ2v) is 6.06. The van der Waals surface area contributed by atoms with Gasteiger partial charge in [-0.25, -0.2) is 5.10 Å². The summed E-state index contributed by atoms with van der Waals surface area (Å²) in [5, 5.41) is 14.0. The Morgan fingerprint density at radius 3 is 2.69 bits per heavy atom. The standard InChI is InChI=1S/C20H16N4OS/c1-25-18-12-5-4-11-17(18)19-22-23-20(26)24(19)21-13-15-9-6-8-14-7-2-3-10-16(14)15/h2-13H,1H3,(H,23,26)/b21-13-. The van der Waals surface area contributed by atoms with Crippen molar-refractivity contribution in [3.63, 3.8) is 0 Å². The molecule has 0 radical (unpaired) electrons. The number of hydrogen-bond donors (Lipinski definition) is 1. The van der Waals surface area contributed by atoms with E-state index in [1.165, 1.54) is 0 Å². The second kappa shape index (κ2) is 6.93. The third kappa shape index (κ3) is 2.91. The van der Waals surface area contributed by atoms with Gasteiger partial charge in [-0.05, 0) is 35.1 Å². The van der Waals surface area contributed by atoms with Crippen molar-refractivity contribution >= 4 is 29.2 Å². The molecule has 0 aliphatic carbocycles. The second-order valence-electron chi connectivity index (χ2n) is 5.68. The lowest BCUT2D eigenvalue weighted by Crippen LogP contribution is -1.97. The predicted octanol–water partition coefficient (Wildman–Crippen LogP) is 4.65. The van der Waals surface area contributed by atoms with Crippen LogP contribution in [0.4, 0.5) is 0 Å². The molecule has 0 atom stereocenters. The lowest BCUT2D eigenvalue weighted by molar-refractivity contribution is 0.416. The number of nitrogens with zero attached hydrogens (tertiary/aromatic N) is 3. The number of fused-ring (bicyclic) bond motifs is 1. The topological polar surface area (TPSA) is 55.2 Å². The van der Waals surface area contributed by atoms with Gasteiger partial charge in [0.05, 0.1) is 18.9 Å². The third-order valence-electron chi connectivity index (χ3n) is 4.13. The molecule has 1 N–H and O–H groups in total. The Morgan fingerprint density at radius 1 is 1.04 bits per heavy atom. The molecule has 1 aromatic heterocycles. The van der Waals surface area contributed by atoms with E-state index in [0.717, 1.165) is 21.9 Å². The molecule has 0 saturated carbocycles. The van der Waals surface area contributed by atoms with Gasteiger partial charge in [-0.1, -0.05) is 54.6 Å². The molecule has 0 fully saturated rings. The molecule has 0 aliphatic heterocycles. The SMILES string of the molecule is COc1ccccc1-c1n[nH]c(=S)n1/N=C\c1cccc2ccccc12. The van der Waals surface area contributed by atoms with Crippen LogP contribution in [0.5, 0.6) is 5.75 Å². The predicted molar refractivity (Wildman–Crippen MR) is 106 cm³/mol. The molecule has 0 amide bonds. The van der Waals surface area contributed by atoms with Gasteiger partial charge in [0.1, 0.15) is 5.75 Å². The maximum absolute atomic E-state index is 5.43. The van der Waals surface area contributed by atoms with Crippen molar-refractivity contribution in [1.29, 1.82) is 0 Å². The highest BCUT2D eigenvalue weighted by Crippen LogP contribution is 2.28. The zero-order valence-corrected chi connectivity index (χ0v) is 14.9. The number of benzene rings is 3. The summed E-state index contributed by atoms with van der Waals surface area (Å²) < 4.78 is 7.46. The molecule has 128 valence electrons. The number of nitrogens with one attached hydrogen (secondary N) is 1. The molecule has 6 heteroatoms. The van der Waals surface area contributed by atoms with E-state index in [2.05, 4.69) is 33.5 Å². The molecule has 5 nitrogen and oxygen atoms in total. The molecule has 0 saturated heterocycles. The fourth-order valence-electron chi connectivity index (χ4n) is 2.89. The van der Waals surface area contributed by atoms with Gasteiger partial charge in [-0.3, -0.25) is 0 Å². The van der Waals surface area contributed by atoms with Gasteiger partial charge in [-0.2, -0.15) is 14.9 Å². The first kappa shape index (κ1) is 16.2. The minimum absolute atomic E-state index is 0.419. The quantitative estimate of drug-likeness (QED) is 0.426. The van der Waals surface area contributed by atoms with Crippen LogP contribution in [0.3, 0.4) is 0 Å². The van der Waals surface area contributed by atoms with Crippen molar-refractivity contribution in [2.45, 2.75) is 0 Å². The molecule has 4 aromatic rings. The number of para-hydroxylation sites is 1. The summed E-state index contributed by atoms with van der Waals surface area (Å²) in [7, 11) is 1.63. The molecule has 3 aromatic carbocycles. The van der Waals surface area contributed by atoms with Crippen LogP contribution < -0.4 is 4.74 Å². The van der Waals surface area contributed by atoms with E-state index in [9.17, 15) is 0 Å². The van der Waals surface area contributed by atoms with Gasteiger partial charge >= 0.3 is 0 Å². The summed E-state index contributed by atoms with van der Waals surface area (Å²) in [5.41, 5.74) is 1.83. The summed E-state index contributed by atoms with van der Waals surface area (Å²) in [5.74, 6) is 1.31. The summed E-state index contributed by atoms with van der Waals surface area (Å²) >= 11 is 5.35. The van der Waals surface area contributed by atoms with Crippen molar-refractivity contribution < 1.29 is 4.74 Å². The van der Waals surface area contributed by atoms with Crippen molar-refractivity contribution in [1.82, 2.24) is 14.9 Å². The molecule has 0 aliphatic rings. The number of aromatic amines is 1. The van der Waals surface area contributed by atoms with Gasteiger partial charge in [0.15, 0.2) is 5.82 Å². The lowest BCUT2D eigenvalue weighted by Gasteiger charge is -2.07. The van der Waals surface area contributed by atoms with E-state index >= 15 is 0 Å². The smallest absolute Gasteiger partial charge is 0.216 e. The van der Waals surface area contributed by atoms with Crippen LogP contribution >= 0.6 is 12.2 Å². The van der Waals surface area contributed by atoms with Gasteiger partial charge in [0.2, 0.25) is 4.77 Å². The third-order valence-corrected chi connectivity index (χ3v) is 4.40. The molecule has 0 spiro atoms. The van der Waals surface area contributed by atoms with E-state index in [0.29, 0.717) is 16.3 Å². The van der Waals surface area contributed by atoms with Crippen LogP contribution in [0.25, 0.3) is 22.2 Å². The van der Waals surface area contributed by atoms with Gasteiger partial charge in [0.25, 0.3) is 0 Å². The van der Waals surface area contributed by atoms with E-state index in [1.54, 1.807) is 18.0 Å². The highest BCUT2D eigenvalue weighted by Gasteiger charge is 2.12. The Balaban J connectivity index is 1.81. The monoisotopic (exact) mass is 360 g/mol. The lowest BCUT2D eigenvalue weighted by atomic mass is 10.1. The van der Waals surface area contributed by atoms with Gasteiger partial charge < -0.3 is 4.74 Å². The van der Waals surface area contributed by atoms with Crippen molar-refractivity contribution in [2.24, 2.45) is 5.10 Å². The fourth-order valence-corrected chi connectivity index (χ4v) is 3.06. The maximum Gasteiger partial charge on any atom is 0.216 e. The maximum atomic E-state index is 5.43. The highest BCUT2D eigenvalue weighted by molar-refractivity contribution is 7.71. The first-order valence-corrected chi connectivity index (χ1v) is 8.51. The molecular formula is C20H16N4OS. The Kier molecular flexibility index (Phi) is 4.33. The first-order valence-electron chi connectivity index (χ1n) is 8.11. The van der Waals surface area contributed by atoms with Crippen LogP contribution in [-0.4, -0.2) is 28.2 Å². The van der Waals surface area contributed by atoms with Crippen LogP contribution in [0.1, 0.15) is 5.56 Å². The van der Waals surface area contributed by atoms with E-state index < -0.39 is 0 Å². The fraction of sp³-hybridized carbons (Fsp3) is 0.0500. The number of hydrogen-bond acceptors (Lipinski definition) is 4. The number of aromatic nitrogens is 3. The number of rotatable bonds is 4. The number of methoxy groups -OCH3 is 1. The van der Waals surface area contributed by atoms with Crippen LogP contribution in [0.2, 0.25) is 0 Å². The van der Waals surface area contributed by atoms with E-state index in [-0.39, 0.29) is 0 Å². The van der Waals surface area contributed by atoms with E-state index in [1.807, 2.05) is 48.5 Å². The van der Waals surface area contributed by atoms with E-state index in [4.69, 9.17) is 17.0 Å². The normalized spacial score (nSPS) is 11.3. The Morgan fingerprint density at radius 2 is 1.81 bits per heavy atom. The van der Waals surface area contributed by atoms with Crippen molar-refractivity contribution in [3.05, 3.63) is 77.1 Å². The number of H-pyrrole nitrogens is 1. The van der Waals surface area contributed by atoms with Crippen LogP contribution in [0, 0.1) is 4.77 Å². The summed E-state index contributed by atoms with van der Waals surface area (Å²) in [6, 6.07) is 22.0. The Bertz CT molecular complexity index is 1150. The molecular weight excluding hydrogens is 344 g/mol. The molecule has 26 heavy (non-hydrogen) atoms. The highest BCUT2D eigenvalue weighted by atomic mass is 32.1. The Hall–Kier alpha value is -3.25.